The third-order valence-corrected chi connectivity index (χ3v) is 3.30. The van der Waals surface area contributed by atoms with Gasteiger partial charge in [0.05, 0.1) is 19.8 Å². The Labute approximate surface area is 107 Å². The predicted molar refractivity (Wildman–Crippen MR) is 63.2 cm³/mol. The minimum atomic E-state index is -0.982. The smallest absolute Gasteiger partial charge is 0.321 e. The van der Waals surface area contributed by atoms with Crippen LogP contribution in [0.5, 0.6) is 0 Å². The van der Waals surface area contributed by atoms with Crippen molar-refractivity contribution in [2.45, 2.75) is 12.3 Å². The van der Waals surface area contributed by atoms with Crippen molar-refractivity contribution >= 4 is 21.9 Å². The molecule has 0 aromatic heterocycles. The molecule has 0 amide bonds. The maximum Gasteiger partial charge on any atom is 0.321 e. The summed E-state index contributed by atoms with van der Waals surface area (Å²) in [5.41, 5.74) is -0.652. The summed E-state index contributed by atoms with van der Waals surface area (Å²) in [4.78, 5) is 11.9. The summed E-state index contributed by atoms with van der Waals surface area (Å²) in [6.07, 6.45) is 0. The molecule has 92 valence electrons. The Bertz CT molecular complexity index is 443. The Hall–Kier alpha value is -0.940. The van der Waals surface area contributed by atoms with Crippen molar-refractivity contribution in [3.63, 3.8) is 0 Å². The molecule has 1 aromatic carbocycles. The summed E-state index contributed by atoms with van der Waals surface area (Å²) in [7, 11) is 0. The zero-order valence-electron chi connectivity index (χ0n) is 9.33. The van der Waals surface area contributed by atoms with Gasteiger partial charge in [0.25, 0.3) is 0 Å². The highest BCUT2D eigenvalue weighted by atomic mass is 79.9. The monoisotopic (exact) mass is 302 g/mol. The lowest BCUT2D eigenvalue weighted by Gasteiger charge is -2.39. The molecule has 1 aliphatic rings. The van der Waals surface area contributed by atoms with Crippen LogP contribution in [-0.2, 0) is 19.7 Å². The fraction of sp³-hybridized carbons (Fsp3) is 0.417. The molecule has 0 atom stereocenters. The summed E-state index contributed by atoms with van der Waals surface area (Å²) in [5.74, 6) is -0.840. The fourth-order valence-corrected chi connectivity index (χ4v) is 2.18. The number of carbonyl (C=O) groups excluding carboxylic acids is 1. The van der Waals surface area contributed by atoms with Crippen LogP contribution in [0.15, 0.2) is 22.7 Å². The van der Waals surface area contributed by atoms with E-state index in [4.69, 9.17) is 9.47 Å². The first-order valence-electron chi connectivity index (χ1n) is 5.30. The van der Waals surface area contributed by atoms with E-state index < -0.39 is 17.2 Å². The van der Waals surface area contributed by atoms with Gasteiger partial charge in [-0.05, 0) is 25.1 Å². The van der Waals surface area contributed by atoms with E-state index in [1.807, 2.05) is 0 Å². The van der Waals surface area contributed by atoms with Crippen LogP contribution in [0.1, 0.15) is 12.5 Å². The molecule has 3 nitrogen and oxygen atoms in total. The van der Waals surface area contributed by atoms with Crippen LogP contribution in [0.25, 0.3) is 0 Å². The fourth-order valence-electron chi connectivity index (χ4n) is 1.82. The lowest BCUT2D eigenvalue weighted by molar-refractivity contribution is -0.169. The van der Waals surface area contributed by atoms with Crippen LogP contribution in [0.2, 0.25) is 0 Å². The van der Waals surface area contributed by atoms with Crippen LogP contribution in [0.4, 0.5) is 4.39 Å². The van der Waals surface area contributed by atoms with Crippen LogP contribution < -0.4 is 0 Å². The normalized spacial score (nSPS) is 17.4. The molecule has 0 saturated carbocycles. The molecule has 0 bridgehead atoms. The van der Waals surface area contributed by atoms with Gasteiger partial charge in [0.1, 0.15) is 11.2 Å². The van der Waals surface area contributed by atoms with Gasteiger partial charge >= 0.3 is 5.97 Å². The van der Waals surface area contributed by atoms with Crippen molar-refractivity contribution in [2.24, 2.45) is 0 Å². The van der Waals surface area contributed by atoms with Gasteiger partial charge in [0.15, 0.2) is 0 Å². The molecule has 0 unspecified atom stereocenters. The van der Waals surface area contributed by atoms with E-state index in [0.29, 0.717) is 5.56 Å². The second-order valence-corrected chi connectivity index (χ2v) is 4.84. The van der Waals surface area contributed by atoms with E-state index in [0.717, 1.165) is 4.47 Å². The van der Waals surface area contributed by atoms with Gasteiger partial charge in [0, 0.05) is 10.0 Å². The first-order chi connectivity index (χ1) is 8.10. The molecule has 0 spiro atoms. The highest BCUT2D eigenvalue weighted by Crippen LogP contribution is 2.36. The number of rotatable bonds is 3. The number of benzene rings is 1. The lowest BCUT2D eigenvalue weighted by Crippen LogP contribution is -2.54. The number of hydrogen-bond donors (Lipinski definition) is 0. The third-order valence-electron chi connectivity index (χ3n) is 2.81. The Balaban J connectivity index is 2.41. The minimum absolute atomic E-state index is 0.166. The maximum absolute atomic E-state index is 13.8. The molecule has 17 heavy (non-hydrogen) atoms. The van der Waals surface area contributed by atoms with Crippen molar-refractivity contribution in [1.82, 2.24) is 0 Å². The maximum atomic E-state index is 13.8. The highest BCUT2D eigenvalue weighted by Gasteiger charge is 2.50. The van der Waals surface area contributed by atoms with Gasteiger partial charge in [-0.2, -0.15) is 0 Å². The molecule has 1 fully saturated rings. The molecular weight excluding hydrogens is 291 g/mol. The van der Waals surface area contributed by atoms with Gasteiger partial charge in [0.2, 0.25) is 0 Å². The first kappa shape index (κ1) is 12.5. The zero-order valence-corrected chi connectivity index (χ0v) is 10.9. The quantitative estimate of drug-likeness (QED) is 0.805. The molecule has 1 aliphatic heterocycles. The van der Waals surface area contributed by atoms with E-state index in [1.165, 1.54) is 6.07 Å². The number of hydrogen-bond acceptors (Lipinski definition) is 3. The predicted octanol–water partition coefficient (Wildman–Crippen LogP) is 2.42. The average molecular weight is 303 g/mol. The molecule has 1 aromatic rings. The van der Waals surface area contributed by atoms with Crippen LogP contribution >= 0.6 is 15.9 Å². The SMILES string of the molecule is CCOC(=O)C1(c2cc(Br)ccc2F)COC1. The number of esters is 1. The summed E-state index contributed by atoms with van der Waals surface area (Å²) in [5, 5.41) is 0. The van der Waals surface area contributed by atoms with Crippen molar-refractivity contribution in [2.75, 3.05) is 19.8 Å². The highest BCUT2D eigenvalue weighted by molar-refractivity contribution is 9.10. The Morgan fingerprint density at radius 2 is 2.29 bits per heavy atom. The largest absolute Gasteiger partial charge is 0.465 e. The Morgan fingerprint density at radius 1 is 1.59 bits per heavy atom. The van der Waals surface area contributed by atoms with Crippen molar-refractivity contribution < 1.29 is 18.7 Å². The standard InChI is InChI=1S/C12H12BrFO3/c1-2-17-11(15)12(6-16-7-12)9-5-8(13)3-4-10(9)14/h3-5H,2,6-7H2,1H3. The Kier molecular flexibility index (Phi) is 3.49. The van der Waals surface area contributed by atoms with E-state index in [2.05, 4.69) is 15.9 Å². The number of carbonyl (C=O) groups is 1. The molecule has 1 heterocycles. The minimum Gasteiger partial charge on any atom is -0.465 e. The Morgan fingerprint density at radius 3 is 2.82 bits per heavy atom. The molecular formula is C12H12BrFO3. The topological polar surface area (TPSA) is 35.5 Å². The van der Waals surface area contributed by atoms with E-state index >= 15 is 0 Å². The van der Waals surface area contributed by atoms with Gasteiger partial charge in [-0.25, -0.2) is 4.39 Å². The van der Waals surface area contributed by atoms with Crippen LogP contribution in [-0.4, -0.2) is 25.8 Å². The third kappa shape index (κ3) is 2.09. The van der Waals surface area contributed by atoms with Gasteiger partial charge in [-0.15, -0.1) is 0 Å². The number of ether oxygens (including phenoxy) is 2. The van der Waals surface area contributed by atoms with Crippen molar-refractivity contribution in [3.05, 3.63) is 34.1 Å². The van der Waals surface area contributed by atoms with Gasteiger partial charge in [-0.3, -0.25) is 4.79 Å². The molecule has 1 saturated heterocycles. The molecule has 0 N–H and O–H groups in total. The zero-order chi connectivity index (χ0) is 12.5. The second kappa shape index (κ2) is 4.74. The van der Waals surface area contributed by atoms with Crippen LogP contribution in [0.3, 0.4) is 0 Å². The lowest BCUT2D eigenvalue weighted by atomic mass is 9.78. The summed E-state index contributed by atoms with van der Waals surface area (Å²) >= 11 is 3.27. The number of halogens is 2. The van der Waals surface area contributed by atoms with E-state index in [1.54, 1.807) is 19.1 Å². The van der Waals surface area contributed by atoms with Crippen LogP contribution in [0, 0.1) is 5.82 Å². The molecule has 0 aliphatic carbocycles. The first-order valence-corrected chi connectivity index (χ1v) is 6.10. The van der Waals surface area contributed by atoms with Crippen molar-refractivity contribution in [3.8, 4) is 0 Å². The summed E-state index contributed by atoms with van der Waals surface area (Å²) in [6.45, 7) is 2.33. The van der Waals surface area contributed by atoms with E-state index in [-0.39, 0.29) is 19.8 Å². The van der Waals surface area contributed by atoms with Gasteiger partial charge in [-0.1, -0.05) is 15.9 Å². The average Bonchev–Trinajstić information content (AvgIpc) is 2.22. The second-order valence-electron chi connectivity index (χ2n) is 3.92. The van der Waals surface area contributed by atoms with E-state index in [9.17, 15) is 9.18 Å². The molecule has 2 rings (SSSR count). The van der Waals surface area contributed by atoms with Crippen molar-refractivity contribution in [1.29, 1.82) is 0 Å². The van der Waals surface area contributed by atoms with Gasteiger partial charge < -0.3 is 9.47 Å². The molecule has 5 heteroatoms. The summed E-state index contributed by atoms with van der Waals surface area (Å²) < 4.78 is 24.6. The molecule has 0 radical (unpaired) electrons. The summed E-state index contributed by atoms with van der Waals surface area (Å²) in [6, 6.07) is 4.53.